The average Bonchev–Trinajstić information content (AvgIpc) is 1.62. The van der Waals surface area contributed by atoms with Crippen molar-refractivity contribution in [2.45, 2.75) is 0 Å². The van der Waals surface area contributed by atoms with Crippen LogP contribution in [0.3, 0.4) is 0 Å². The molecule has 92 heavy (non-hydrogen) atoms. The number of hydrogen-bond acceptors (Lipinski definition) is 4. The first-order valence-corrected chi connectivity index (χ1v) is 32.8. The van der Waals surface area contributed by atoms with Gasteiger partial charge in [0.15, 0.2) is 11.2 Å². The number of rotatable bonds is 7. The molecular weight excluding hydrogens is 1160 g/mol. The van der Waals surface area contributed by atoms with E-state index in [2.05, 4.69) is 325 Å². The Hall–Kier alpha value is -11.5. The molecule has 0 aliphatic rings. The molecule has 6 heteroatoms. The van der Waals surface area contributed by atoms with Crippen LogP contribution in [0.1, 0.15) is 0 Å². The van der Waals surface area contributed by atoms with E-state index in [0.717, 1.165) is 88.4 Å². The summed E-state index contributed by atoms with van der Waals surface area (Å²) in [7, 11) is 0. The van der Waals surface area contributed by atoms with Crippen LogP contribution < -0.4 is 0 Å². The van der Waals surface area contributed by atoms with Gasteiger partial charge in [0.1, 0.15) is 22.2 Å². The van der Waals surface area contributed by atoms with Crippen LogP contribution in [0.2, 0.25) is 0 Å². The number of furan rings is 2. The summed E-state index contributed by atoms with van der Waals surface area (Å²) in [6.07, 6.45) is 0. The van der Waals surface area contributed by atoms with Gasteiger partial charge in [-0.3, -0.25) is 0 Å². The van der Waals surface area contributed by atoms with E-state index >= 15 is 0 Å². The molecule has 0 fully saturated rings. The summed E-state index contributed by atoms with van der Waals surface area (Å²) in [6.45, 7) is 0. The third-order valence-corrected chi connectivity index (χ3v) is 21.0. The van der Waals surface area contributed by atoms with Gasteiger partial charge in [-0.05, 0) is 163 Å². The maximum absolute atomic E-state index is 6.67. The Morgan fingerprint density at radius 3 is 1.22 bits per heavy atom. The Bertz CT molecular complexity index is 6320. The van der Waals surface area contributed by atoms with E-state index in [1.165, 1.54) is 95.6 Å². The normalized spacial score (nSPS) is 11.9. The first kappa shape index (κ1) is 52.4. The van der Waals surface area contributed by atoms with Gasteiger partial charge in [-0.25, -0.2) is 0 Å². The third-order valence-electron chi connectivity index (χ3n) is 18.6. The lowest BCUT2D eigenvalue weighted by Gasteiger charge is -2.09. The van der Waals surface area contributed by atoms with Gasteiger partial charge in [-0.15, -0.1) is 22.7 Å². The van der Waals surface area contributed by atoms with E-state index in [4.69, 9.17) is 8.83 Å². The molecule has 0 radical (unpaired) electrons. The first-order chi connectivity index (χ1) is 45.6. The number of nitrogens with zero attached hydrogens (tertiary/aromatic N) is 2. The predicted octanol–water partition coefficient (Wildman–Crippen LogP) is 25.3. The molecule has 0 N–H and O–H groups in total. The monoisotopic (exact) mass is 1210 g/mol. The van der Waals surface area contributed by atoms with Gasteiger partial charge in [0, 0.05) is 73.3 Å². The second kappa shape index (κ2) is 21.0. The summed E-state index contributed by atoms with van der Waals surface area (Å²) >= 11 is 3.77. The smallest absolute Gasteiger partial charge is 0.161 e. The molecule has 430 valence electrons. The molecule has 0 atom stereocenters. The van der Waals surface area contributed by atoms with Crippen LogP contribution in [0, 0.1) is 0 Å². The van der Waals surface area contributed by atoms with Crippen LogP contribution in [0.5, 0.6) is 0 Å². The molecule has 4 nitrogen and oxygen atoms in total. The standard InChI is InChI=1S/C44H27NOS.C42H25NOS/c1-3-12-28(13-4-1)34-20-10-21-37-41-33(19-11-23-40(41)47-44(34)37)31-15-9-14-29(26-31)30-24-25-36-39(27-30)46-43-35-18-7-8-22-38(35)45(42(36)43)32-16-5-2-6-17-32;1-2-13-30(14-3-1)43-36-18-7-6-16-33(36)41-40(43)34-22-21-28(25-37(34)44-41)27-11-8-12-29(24-27)31-17-9-19-38-39(31)35-23-20-26-10-4-5-15-32(26)42(35)45-38/h1-27H;1-25H. The van der Waals surface area contributed by atoms with Crippen molar-refractivity contribution < 1.29 is 8.83 Å². The number of aromatic nitrogens is 2. The van der Waals surface area contributed by atoms with Crippen molar-refractivity contribution in [3.05, 3.63) is 315 Å². The molecule has 14 aromatic carbocycles. The molecule has 6 heterocycles. The summed E-state index contributed by atoms with van der Waals surface area (Å²) in [5, 5.41) is 12.4. The first-order valence-electron chi connectivity index (χ1n) is 31.2. The zero-order valence-corrected chi connectivity index (χ0v) is 51.2. The van der Waals surface area contributed by atoms with Gasteiger partial charge in [0.05, 0.1) is 11.0 Å². The van der Waals surface area contributed by atoms with E-state index in [1.807, 2.05) is 22.7 Å². The van der Waals surface area contributed by atoms with E-state index in [9.17, 15) is 0 Å². The van der Waals surface area contributed by atoms with Gasteiger partial charge in [0.25, 0.3) is 0 Å². The fourth-order valence-corrected chi connectivity index (χ4v) is 17.0. The lowest BCUT2D eigenvalue weighted by Crippen LogP contribution is -1.92. The Balaban J connectivity index is 0.000000132. The molecule has 0 bridgehead atoms. The zero-order valence-electron chi connectivity index (χ0n) is 49.5. The lowest BCUT2D eigenvalue weighted by molar-refractivity contribution is 0.672. The second-order valence-corrected chi connectivity index (χ2v) is 25.9. The molecule has 0 saturated heterocycles. The summed E-state index contributed by atoms with van der Waals surface area (Å²) in [6, 6.07) is 113. The molecule has 0 saturated carbocycles. The lowest BCUT2D eigenvalue weighted by atomic mass is 9.95. The number of thiophene rings is 2. The van der Waals surface area contributed by atoms with E-state index in [-0.39, 0.29) is 0 Å². The zero-order chi connectivity index (χ0) is 60.4. The summed E-state index contributed by atoms with van der Waals surface area (Å²) in [5.41, 5.74) is 22.6. The number of benzene rings is 14. The molecular formula is C86H52N2O2S2. The SMILES string of the molecule is c1ccc(-c2cccc3c2sc2cccc(-c4cccc(-c5ccc6c(c5)oc5c7ccccc7n(-c7ccccc7)c65)c4)c23)cc1.c1ccc(-n2c3ccccc3c3oc4cc(-c5cccc(-c6cccc7sc8c9ccccc9ccc8c67)c5)ccc4c32)cc1. The summed E-state index contributed by atoms with van der Waals surface area (Å²) in [4.78, 5) is 0. The summed E-state index contributed by atoms with van der Waals surface area (Å²) in [5.74, 6) is 0. The van der Waals surface area contributed by atoms with Gasteiger partial charge >= 0.3 is 0 Å². The van der Waals surface area contributed by atoms with Gasteiger partial charge in [-0.1, -0.05) is 218 Å². The number of para-hydroxylation sites is 4. The molecule has 20 aromatic rings. The highest BCUT2D eigenvalue weighted by atomic mass is 32.1. The Kier molecular flexibility index (Phi) is 12.0. The highest BCUT2D eigenvalue weighted by Crippen LogP contribution is 2.48. The Labute approximate surface area is 536 Å². The van der Waals surface area contributed by atoms with E-state index in [0.29, 0.717) is 0 Å². The molecule has 0 amide bonds. The fraction of sp³-hybridized carbons (Fsp3) is 0. The third kappa shape index (κ3) is 8.28. The minimum absolute atomic E-state index is 0.896. The molecule has 20 rings (SSSR count). The van der Waals surface area contributed by atoms with Crippen molar-refractivity contribution in [1.29, 1.82) is 0 Å². The topological polar surface area (TPSA) is 36.1 Å². The second-order valence-electron chi connectivity index (χ2n) is 23.8. The van der Waals surface area contributed by atoms with Crippen LogP contribution >= 0.6 is 22.7 Å². The van der Waals surface area contributed by atoms with Crippen LogP contribution in [0.15, 0.2) is 324 Å². The molecule has 0 unspecified atom stereocenters. The number of fused-ring (bicyclic) bond motifs is 18. The highest BCUT2D eigenvalue weighted by molar-refractivity contribution is 7.27. The van der Waals surface area contributed by atoms with Crippen LogP contribution in [0.4, 0.5) is 0 Å². The predicted molar refractivity (Wildman–Crippen MR) is 392 cm³/mol. The van der Waals surface area contributed by atoms with Crippen LogP contribution in [-0.4, -0.2) is 9.13 Å². The van der Waals surface area contributed by atoms with E-state index < -0.39 is 0 Å². The molecule has 0 spiro atoms. The average molecular weight is 1210 g/mol. The molecule has 0 aliphatic heterocycles. The van der Waals surface area contributed by atoms with Crippen molar-refractivity contribution in [2.75, 3.05) is 0 Å². The van der Waals surface area contributed by atoms with Gasteiger partial charge < -0.3 is 18.0 Å². The molecule has 6 aromatic heterocycles. The Morgan fingerprint density at radius 1 is 0.250 bits per heavy atom. The van der Waals surface area contributed by atoms with Crippen molar-refractivity contribution in [1.82, 2.24) is 9.13 Å². The van der Waals surface area contributed by atoms with Gasteiger partial charge in [-0.2, -0.15) is 0 Å². The largest absolute Gasteiger partial charge is 0.454 e. The fourth-order valence-electron chi connectivity index (χ4n) is 14.4. The Morgan fingerprint density at radius 2 is 0.652 bits per heavy atom. The quantitative estimate of drug-likeness (QED) is 0.159. The maximum Gasteiger partial charge on any atom is 0.161 e. The number of hydrogen-bond donors (Lipinski definition) is 0. The van der Waals surface area contributed by atoms with E-state index in [1.54, 1.807) is 0 Å². The van der Waals surface area contributed by atoms with Crippen molar-refractivity contribution in [2.24, 2.45) is 0 Å². The highest BCUT2D eigenvalue weighted by Gasteiger charge is 2.23. The van der Waals surface area contributed by atoms with Crippen molar-refractivity contribution >= 4 is 140 Å². The summed E-state index contributed by atoms with van der Waals surface area (Å²) < 4.78 is 23.3. The minimum Gasteiger partial charge on any atom is -0.454 e. The van der Waals surface area contributed by atoms with Crippen molar-refractivity contribution in [3.8, 4) is 67.0 Å². The minimum atomic E-state index is 0.896. The van der Waals surface area contributed by atoms with Crippen molar-refractivity contribution in [3.63, 3.8) is 0 Å². The van der Waals surface area contributed by atoms with Crippen LogP contribution in [0.25, 0.3) is 184 Å². The van der Waals surface area contributed by atoms with Crippen LogP contribution in [-0.2, 0) is 0 Å². The van der Waals surface area contributed by atoms with Gasteiger partial charge in [0.2, 0.25) is 0 Å². The molecule has 0 aliphatic carbocycles. The maximum atomic E-state index is 6.67.